The van der Waals surface area contributed by atoms with E-state index in [0.29, 0.717) is 10.4 Å². The van der Waals surface area contributed by atoms with Gasteiger partial charge in [-0.15, -0.1) is 0 Å². The Morgan fingerprint density at radius 3 is 2.67 bits per heavy atom. The lowest BCUT2D eigenvalue weighted by Gasteiger charge is -2.07. The molecule has 0 amide bonds. The fraction of sp³-hybridized carbons (Fsp3) is 0.800. The summed E-state index contributed by atoms with van der Waals surface area (Å²) in [4.78, 5) is 0. The Kier molecular flexibility index (Phi) is 4.90. The quantitative estimate of drug-likeness (QED) is 0.407. The van der Waals surface area contributed by atoms with Crippen molar-refractivity contribution in [2.75, 3.05) is 13.6 Å². The summed E-state index contributed by atoms with van der Waals surface area (Å²) in [5, 5.41) is 6.80. The average Bonchev–Trinajstić information content (AvgIpc) is 1.83. The second-order valence-corrected chi connectivity index (χ2v) is 3.10. The lowest BCUT2D eigenvalue weighted by molar-refractivity contribution is 0.846. The van der Waals surface area contributed by atoms with E-state index in [4.69, 9.17) is 12.2 Å². The lowest BCUT2D eigenvalue weighted by Crippen LogP contribution is -2.35. The molecule has 1 atom stereocenters. The highest BCUT2D eigenvalue weighted by Gasteiger charge is 1.93. The number of hydrogen-bond acceptors (Lipinski definition) is 2. The summed E-state index contributed by atoms with van der Waals surface area (Å²) in [6.45, 7) is 2.82. The largest absolute Gasteiger partial charge is 0.366 e. The number of thiocarbonyl (C=S) groups is 1. The van der Waals surface area contributed by atoms with Gasteiger partial charge in [-0.3, -0.25) is 0 Å². The van der Waals surface area contributed by atoms with Gasteiger partial charge < -0.3 is 10.6 Å². The normalized spacial score (nSPS) is 12.3. The van der Waals surface area contributed by atoms with Crippen molar-refractivity contribution in [2.24, 2.45) is 0 Å². The van der Waals surface area contributed by atoms with Gasteiger partial charge in [-0.1, -0.05) is 6.92 Å². The first-order valence-electron chi connectivity index (χ1n) is 2.80. The van der Waals surface area contributed by atoms with Crippen LogP contribution in [0, 0.1) is 0 Å². The van der Waals surface area contributed by atoms with Crippen molar-refractivity contribution in [3.05, 3.63) is 0 Å². The smallest absolute Gasteiger partial charge is 0.166 e. The van der Waals surface area contributed by atoms with Crippen LogP contribution in [0.2, 0.25) is 0 Å². The molecule has 0 fully saturated rings. The van der Waals surface area contributed by atoms with Crippen LogP contribution in [-0.2, 0) is 0 Å². The van der Waals surface area contributed by atoms with E-state index in [9.17, 15) is 0 Å². The Bertz CT molecular complexity index is 93.0. The maximum atomic E-state index is 4.82. The summed E-state index contributed by atoms with van der Waals surface area (Å²) in [5.41, 5.74) is 0. The van der Waals surface area contributed by atoms with Crippen LogP contribution in [-0.4, -0.2) is 24.0 Å². The van der Waals surface area contributed by atoms with Crippen molar-refractivity contribution in [2.45, 2.75) is 12.2 Å². The predicted molar refractivity (Wildman–Crippen MR) is 48.1 cm³/mol. The van der Waals surface area contributed by atoms with Crippen LogP contribution in [0.5, 0.6) is 0 Å². The highest BCUT2D eigenvalue weighted by atomic mass is 32.1. The highest BCUT2D eigenvalue weighted by molar-refractivity contribution is 7.81. The summed E-state index contributed by atoms with van der Waals surface area (Å²) < 4.78 is 0. The number of hydrogen-bond donors (Lipinski definition) is 3. The molecular formula is C5H12N2S2. The van der Waals surface area contributed by atoms with Crippen LogP contribution >= 0.6 is 24.8 Å². The maximum Gasteiger partial charge on any atom is 0.166 e. The van der Waals surface area contributed by atoms with Gasteiger partial charge in [0.1, 0.15) is 0 Å². The van der Waals surface area contributed by atoms with Crippen molar-refractivity contribution in [1.82, 2.24) is 10.6 Å². The molecular weight excluding hydrogens is 152 g/mol. The molecule has 0 aromatic heterocycles. The fourth-order valence-electron chi connectivity index (χ4n) is 0.329. The van der Waals surface area contributed by atoms with Crippen molar-refractivity contribution < 1.29 is 0 Å². The molecule has 0 spiro atoms. The standard InChI is InChI=1S/C5H12N2S2/c1-4(8)3-7-5(9)6-2/h4,8H,3H2,1-2H3,(H2,6,7,9). The molecule has 2 nitrogen and oxygen atoms in total. The summed E-state index contributed by atoms with van der Waals surface area (Å²) >= 11 is 8.98. The van der Waals surface area contributed by atoms with Gasteiger partial charge in [0, 0.05) is 18.8 Å². The molecule has 0 aromatic carbocycles. The van der Waals surface area contributed by atoms with Gasteiger partial charge in [-0.25, -0.2) is 0 Å². The van der Waals surface area contributed by atoms with Crippen LogP contribution < -0.4 is 10.6 Å². The Balaban J connectivity index is 3.17. The second-order valence-electron chi connectivity index (χ2n) is 1.81. The minimum atomic E-state index is 0.344. The molecule has 0 aliphatic carbocycles. The zero-order valence-corrected chi connectivity index (χ0v) is 7.35. The third-order valence-corrected chi connectivity index (χ3v) is 1.32. The molecule has 0 saturated carbocycles. The molecule has 0 bridgehead atoms. The van der Waals surface area contributed by atoms with Crippen molar-refractivity contribution in [3.8, 4) is 0 Å². The molecule has 0 heterocycles. The molecule has 54 valence electrons. The predicted octanol–water partition coefficient (Wildman–Crippen LogP) is 0.399. The molecule has 2 N–H and O–H groups in total. The van der Waals surface area contributed by atoms with E-state index < -0.39 is 0 Å². The van der Waals surface area contributed by atoms with E-state index in [1.807, 2.05) is 6.92 Å². The van der Waals surface area contributed by atoms with E-state index in [0.717, 1.165) is 6.54 Å². The van der Waals surface area contributed by atoms with Crippen LogP contribution in [0.15, 0.2) is 0 Å². The van der Waals surface area contributed by atoms with Gasteiger partial charge >= 0.3 is 0 Å². The zero-order valence-electron chi connectivity index (χ0n) is 5.64. The number of nitrogens with one attached hydrogen (secondary N) is 2. The van der Waals surface area contributed by atoms with Gasteiger partial charge in [-0.05, 0) is 12.2 Å². The SMILES string of the molecule is CNC(=S)NCC(C)S. The van der Waals surface area contributed by atoms with Gasteiger partial charge in [0.25, 0.3) is 0 Å². The van der Waals surface area contributed by atoms with Gasteiger partial charge in [0.05, 0.1) is 0 Å². The van der Waals surface area contributed by atoms with E-state index in [2.05, 4.69) is 23.3 Å². The van der Waals surface area contributed by atoms with Gasteiger partial charge in [-0.2, -0.15) is 12.6 Å². The first-order chi connectivity index (χ1) is 4.16. The van der Waals surface area contributed by atoms with Crippen molar-refractivity contribution in [3.63, 3.8) is 0 Å². The highest BCUT2D eigenvalue weighted by Crippen LogP contribution is 1.87. The first-order valence-corrected chi connectivity index (χ1v) is 3.73. The summed E-state index contributed by atoms with van der Waals surface area (Å²) in [7, 11) is 1.79. The molecule has 1 unspecified atom stereocenters. The Morgan fingerprint density at radius 1 is 1.78 bits per heavy atom. The molecule has 0 aromatic rings. The van der Waals surface area contributed by atoms with Crippen LogP contribution in [0.3, 0.4) is 0 Å². The lowest BCUT2D eigenvalue weighted by atomic mass is 10.5. The van der Waals surface area contributed by atoms with Crippen molar-refractivity contribution >= 4 is 30.0 Å². The minimum Gasteiger partial charge on any atom is -0.366 e. The van der Waals surface area contributed by atoms with E-state index in [1.165, 1.54) is 0 Å². The van der Waals surface area contributed by atoms with Gasteiger partial charge in [0.2, 0.25) is 0 Å². The van der Waals surface area contributed by atoms with Crippen LogP contribution in [0.25, 0.3) is 0 Å². The zero-order chi connectivity index (χ0) is 7.28. The summed E-state index contributed by atoms with van der Waals surface area (Å²) in [5.74, 6) is 0. The minimum absolute atomic E-state index is 0.344. The summed E-state index contributed by atoms with van der Waals surface area (Å²) in [6.07, 6.45) is 0. The van der Waals surface area contributed by atoms with E-state index in [1.54, 1.807) is 7.05 Å². The average molecular weight is 164 g/mol. The monoisotopic (exact) mass is 164 g/mol. The van der Waals surface area contributed by atoms with E-state index in [-0.39, 0.29) is 0 Å². The molecule has 0 radical (unpaired) electrons. The Hall–Kier alpha value is 0.0400. The van der Waals surface area contributed by atoms with E-state index >= 15 is 0 Å². The Labute approximate surface area is 66.8 Å². The second kappa shape index (κ2) is 4.88. The first kappa shape index (κ1) is 9.04. The summed E-state index contributed by atoms with van der Waals surface area (Å²) in [6, 6.07) is 0. The maximum absolute atomic E-state index is 4.82. The molecule has 4 heteroatoms. The number of rotatable bonds is 2. The number of thiol groups is 1. The van der Waals surface area contributed by atoms with Gasteiger partial charge in [0.15, 0.2) is 5.11 Å². The van der Waals surface area contributed by atoms with Crippen molar-refractivity contribution in [1.29, 1.82) is 0 Å². The third-order valence-electron chi connectivity index (χ3n) is 0.785. The molecule has 0 aliphatic rings. The third kappa shape index (κ3) is 5.92. The molecule has 0 saturated heterocycles. The Morgan fingerprint density at radius 2 is 2.33 bits per heavy atom. The van der Waals surface area contributed by atoms with Crippen LogP contribution in [0.1, 0.15) is 6.92 Å². The fourth-order valence-corrected chi connectivity index (χ4v) is 0.503. The molecule has 9 heavy (non-hydrogen) atoms. The van der Waals surface area contributed by atoms with Crippen LogP contribution in [0.4, 0.5) is 0 Å². The molecule has 0 rings (SSSR count). The molecule has 0 aliphatic heterocycles. The topological polar surface area (TPSA) is 24.1 Å².